The lowest BCUT2D eigenvalue weighted by Gasteiger charge is -2.25. The van der Waals surface area contributed by atoms with Crippen LogP contribution in [0.1, 0.15) is 66.2 Å². The third-order valence-corrected chi connectivity index (χ3v) is 4.65. The highest BCUT2D eigenvalue weighted by Gasteiger charge is 2.24. The minimum Gasteiger partial charge on any atom is -0.303 e. The average molecular weight is 279 g/mol. The van der Waals surface area contributed by atoms with Crippen molar-refractivity contribution in [1.82, 2.24) is 10.2 Å². The van der Waals surface area contributed by atoms with Crippen LogP contribution in [0.2, 0.25) is 0 Å². The number of nitriles is 1. The summed E-state index contributed by atoms with van der Waals surface area (Å²) in [5.74, 6) is 0. The van der Waals surface area contributed by atoms with Gasteiger partial charge in [0.2, 0.25) is 0 Å². The molecule has 0 aromatic carbocycles. The maximum Gasteiger partial charge on any atom is 0.103 e. The van der Waals surface area contributed by atoms with E-state index < -0.39 is 0 Å². The summed E-state index contributed by atoms with van der Waals surface area (Å²) >= 11 is 0. The van der Waals surface area contributed by atoms with Gasteiger partial charge in [-0.1, -0.05) is 20.8 Å². The molecular weight excluding hydrogens is 246 g/mol. The molecule has 0 aliphatic carbocycles. The van der Waals surface area contributed by atoms with Gasteiger partial charge in [0.15, 0.2) is 0 Å². The summed E-state index contributed by atoms with van der Waals surface area (Å²) in [5, 5.41) is 12.5. The van der Waals surface area contributed by atoms with Crippen LogP contribution in [0, 0.1) is 16.7 Å². The quantitative estimate of drug-likeness (QED) is 0.724. The lowest BCUT2D eigenvalue weighted by atomic mass is 9.85. The lowest BCUT2D eigenvalue weighted by Crippen LogP contribution is -2.40. The molecule has 0 aromatic heterocycles. The zero-order valence-corrected chi connectivity index (χ0v) is 14.0. The van der Waals surface area contributed by atoms with Gasteiger partial charge in [-0.15, -0.1) is 0 Å². The molecule has 1 heterocycles. The number of nitrogens with zero attached hydrogens (tertiary/aromatic N) is 2. The third kappa shape index (κ3) is 6.24. The summed E-state index contributed by atoms with van der Waals surface area (Å²) in [6.45, 7) is 13.4. The fourth-order valence-electron chi connectivity index (χ4n) is 3.09. The second kappa shape index (κ2) is 8.00. The van der Waals surface area contributed by atoms with E-state index >= 15 is 0 Å². The van der Waals surface area contributed by atoms with E-state index in [-0.39, 0.29) is 5.54 Å². The fraction of sp³-hybridized carbons (Fsp3) is 0.941. The number of hydrogen-bond acceptors (Lipinski definition) is 3. The van der Waals surface area contributed by atoms with E-state index in [1.807, 2.05) is 6.92 Å². The van der Waals surface area contributed by atoms with Gasteiger partial charge < -0.3 is 4.90 Å². The minimum absolute atomic E-state index is 0.338. The first-order valence-electron chi connectivity index (χ1n) is 8.29. The molecule has 0 spiro atoms. The van der Waals surface area contributed by atoms with Crippen molar-refractivity contribution < 1.29 is 0 Å². The highest BCUT2D eigenvalue weighted by molar-refractivity contribution is 5.03. The van der Waals surface area contributed by atoms with E-state index in [0.29, 0.717) is 5.41 Å². The van der Waals surface area contributed by atoms with Gasteiger partial charge in [0.05, 0.1) is 6.07 Å². The molecule has 0 radical (unpaired) electrons. The molecule has 0 bridgehead atoms. The Morgan fingerprint density at radius 3 is 2.65 bits per heavy atom. The Hall–Kier alpha value is -0.590. The number of nitrogens with one attached hydrogen (secondary N) is 1. The van der Waals surface area contributed by atoms with Crippen LogP contribution in [0.25, 0.3) is 0 Å². The largest absolute Gasteiger partial charge is 0.303 e. The maximum atomic E-state index is 9.24. The van der Waals surface area contributed by atoms with Gasteiger partial charge in [-0.25, -0.2) is 0 Å². The number of unbranched alkanes of at least 4 members (excludes halogenated alkanes) is 1. The smallest absolute Gasteiger partial charge is 0.103 e. The van der Waals surface area contributed by atoms with E-state index in [2.05, 4.69) is 37.1 Å². The number of rotatable bonds is 7. The van der Waals surface area contributed by atoms with E-state index in [1.165, 1.54) is 45.3 Å². The predicted octanol–water partition coefficient (Wildman–Crippen LogP) is 3.56. The lowest BCUT2D eigenvalue weighted by molar-refractivity contribution is 0.254. The van der Waals surface area contributed by atoms with Crippen molar-refractivity contribution >= 4 is 0 Å². The number of likely N-dealkylation sites (tertiary alicyclic amines) is 1. The van der Waals surface area contributed by atoms with Crippen molar-refractivity contribution in [3.8, 4) is 6.07 Å². The number of hydrogen-bond donors (Lipinski definition) is 1. The van der Waals surface area contributed by atoms with Gasteiger partial charge in [-0.05, 0) is 77.0 Å². The summed E-state index contributed by atoms with van der Waals surface area (Å²) in [6.07, 6.45) is 7.31. The molecule has 1 N–H and O–H groups in total. The Balaban J connectivity index is 2.23. The van der Waals surface area contributed by atoms with E-state index in [9.17, 15) is 5.26 Å². The Bertz CT molecular complexity index is 319. The standard InChI is InChI=1S/C17H33N3/c1-5-19-17(4,15-18)10-6-7-12-20-13-8-9-16(2,3)11-14-20/h19H,5-14H2,1-4H3. The summed E-state index contributed by atoms with van der Waals surface area (Å²) in [5.41, 5.74) is 0.189. The molecule has 0 saturated carbocycles. The predicted molar refractivity (Wildman–Crippen MR) is 85.6 cm³/mol. The molecule has 1 atom stereocenters. The second-order valence-electron chi connectivity index (χ2n) is 7.29. The zero-order chi connectivity index (χ0) is 15.1. The van der Waals surface area contributed by atoms with E-state index in [0.717, 1.165) is 19.4 Å². The Labute approximate surface area is 125 Å². The first kappa shape index (κ1) is 17.5. The molecule has 0 aromatic rings. The molecule has 1 rings (SSSR count). The first-order chi connectivity index (χ1) is 9.41. The van der Waals surface area contributed by atoms with Crippen LogP contribution in [0.4, 0.5) is 0 Å². The van der Waals surface area contributed by atoms with Crippen LogP contribution in [0.3, 0.4) is 0 Å². The normalized spacial score (nSPS) is 22.8. The van der Waals surface area contributed by atoms with Crippen LogP contribution < -0.4 is 5.32 Å². The fourth-order valence-corrected chi connectivity index (χ4v) is 3.09. The molecule has 116 valence electrons. The van der Waals surface area contributed by atoms with Gasteiger partial charge >= 0.3 is 0 Å². The van der Waals surface area contributed by atoms with Crippen molar-refractivity contribution in [1.29, 1.82) is 5.26 Å². The molecule has 0 amide bonds. The van der Waals surface area contributed by atoms with E-state index in [1.54, 1.807) is 0 Å². The Morgan fingerprint density at radius 1 is 1.25 bits per heavy atom. The summed E-state index contributed by atoms with van der Waals surface area (Å²) in [7, 11) is 0. The van der Waals surface area contributed by atoms with Crippen molar-refractivity contribution in [3.63, 3.8) is 0 Å². The summed E-state index contributed by atoms with van der Waals surface area (Å²) in [4.78, 5) is 2.62. The van der Waals surface area contributed by atoms with Crippen molar-refractivity contribution in [3.05, 3.63) is 0 Å². The van der Waals surface area contributed by atoms with E-state index in [4.69, 9.17) is 0 Å². The average Bonchev–Trinajstić information content (AvgIpc) is 2.56. The molecule has 1 aliphatic heterocycles. The Morgan fingerprint density at radius 2 is 2.00 bits per heavy atom. The SMILES string of the molecule is CCNC(C)(C#N)CCCCN1CCCC(C)(C)CC1. The maximum absolute atomic E-state index is 9.24. The molecular formula is C17H33N3. The van der Waals surface area contributed by atoms with Gasteiger partial charge in [-0.2, -0.15) is 5.26 Å². The molecule has 20 heavy (non-hydrogen) atoms. The molecule has 1 saturated heterocycles. The van der Waals surface area contributed by atoms with Crippen LogP contribution in [-0.2, 0) is 0 Å². The highest BCUT2D eigenvalue weighted by atomic mass is 15.1. The molecule has 1 aliphatic rings. The van der Waals surface area contributed by atoms with Crippen LogP contribution in [-0.4, -0.2) is 36.6 Å². The van der Waals surface area contributed by atoms with Gasteiger partial charge in [0.1, 0.15) is 5.54 Å². The van der Waals surface area contributed by atoms with Gasteiger partial charge in [0, 0.05) is 0 Å². The van der Waals surface area contributed by atoms with Crippen molar-refractivity contribution in [2.75, 3.05) is 26.2 Å². The Kier molecular flexibility index (Phi) is 6.99. The monoisotopic (exact) mass is 279 g/mol. The topological polar surface area (TPSA) is 39.1 Å². The van der Waals surface area contributed by atoms with Crippen molar-refractivity contribution in [2.24, 2.45) is 5.41 Å². The third-order valence-electron chi connectivity index (χ3n) is 4.65. The van der Waals surface area contributed by atoms with Gasteiger partial charge in [0.25, 0.3) is 0 Å². The first-order valence-corrected chi connectivity index (χ1v) is 8.29. The second-order valence-corrected chi connectivity index (χ2v) is 7.29. The zero-order valence-electron chi connectivity index (χ0n) is 14.0. The van der Waals surface area contributed by atoms with Crippen LogP contribution >= 0.6 is 0 Å². The molecule has 3 nitrogen and oxygen atoms in total. The minimum atomic E-state index is -0.338. The summed E-state index contributed by atoms with van der Waals surface area (Å²) in [6, 6.07) is 2.41. The molecule has 1 unspecified atom stereocenters. The van der Waals surface area contributed by atoms with Crippen molar-refractivity contribution in [2.45, 2.75) is 71.8 Å². The molecule has 3 heteroatoms. The molecule has 1 fully saturated rings. The van der Waals surface area contributed by atoms with Gasteiger partial charge in [-0.3, -0.25) is 5.32 Å². The highest BCUT2D eigenvalue weighted by Crippen LogP contribution is 2.29. The summed E-state index contributed by atoms with van der Waals surface area (Å²) < 4.78 is 0. The van der Waals surface area contributed by atoms with Crippen LogP contribution in [0.5, 0.6) is 0 Å². The van der Waals surface area contributed by atoms with Crippen LogP contribution in [0.15, 0.2) is 0 Å².